The third-order valence-corrected chi connectivity index (χ3v) is 3.96. The molecule has 1 aliphatic heterocycles. The minimum atomic E-state index is -4.47. The number of halogens is 3. The molecule has 0 saturated carbocycles. The van der Waals surface area contributed by atoms with Crippen LogP contribution in [0.15, 0.2) is 30.4 Å². The SMILES string of the molecule is C=C(C)CCOc1ccc(C(=S)N2CCC2)cc1C(F)(F)F. The van der Waals surface area contributed by atoms with E-state index in [1.165, 1.54) is 6.07 Å². The van der Waals surface area contributed by atoms with E-state index >= 15 is 0 Å². The molecule has 0 amide bonds. The lowest BCUT2D eigenvalue weighted by Gasteiger charge is -2.33. The van der Waals surface area contributed by atoms with Crippen molar-refractivity contribution in [3.63, 3.8) is 0 Å². The molecular formula is C16H18F3NOS. The largest absolute Gasteiger partial charge is 0.493 e. The summed E-state index contributed by atoms with van der Waals surface area (Å²) < 4.78 is 44.9. The summed E-state index contributed by atoms with van der Waals surface area (Å²) in [5, 5.41) is 0. The van der Waals surface area contributed by atoms with Gasteiger partial charge in [-0.1, -0.05) is 17.8 Å². The van der Waals surface area contributed by atoms with E-state index in [2.05, 4.69) is 6.58 Å². The fraction of sp³-hybridized carbons (Fsp3) is 0.438. The van der Waals surface area contributed by atoms with Gasteiger partial charge in [0.15, 0.2) is 0 Å². The number of hydrogen-bond acceptors (Lipinski definition) is 2. The van der Waals surface area contributed by atoms with Gasteiger partial charge < -0.3 is 9.64 Å². The summed E-state index contributed by atoms with van der Waals surface area (Å²) in [7, 11) is 0. The smallest absolute Gasteiger partial charge is 0.419 e. The van der Waals surface area contributed by atoms with Crippen LogP contribution in [0.3, 0.4) is 0 Å². The molecule has 0 unspecified atom stereocenters. The Morgan fingerprint density at radius 3 is 2.55 bits per heavy atom. The molecule has 2 nitrogen and oxygen atoms in total. The van der Waals surface area contributed by atoms with Crippen molar-refractivity contribution in [3.8, 4) is 5.75 Å². The first-order valence-electron chi connectivity index (χ1n) is 7.07. The van der Waals surface area contributed by atoms with Crippen molar-refractivity contribution >= 4 is 17.2 Å². The van der Waals surface area contributed by atoms with Crippen molar-refractivity contribution in [1.29, 1.82) is 0 Å². The van der Waals surface area contributed by atoms with E-state index in [-0.39, 0.29) is 12.4 Å². The molecule has 1 saturated heterocycles. The Morgan fingerprint density at radius 2 is 2.05 bits per heavy atom. The fourth-order valence-corrected chi connectivity index (χ4v) is 2.36. The highest BCUT2D eigenvalue weighted by atomic mass is 32.1. The minimum absolute atomic E-state index is 0.163. The molecule has 0 radical (unpaired) electrons. The molecule has 0 aliphatic carbocycles. The monoisotopic (exact) mass is 329 g/mol. The van der Waals surface area contributed by atoms with E-state index in [1.54, 1.807) is 6.07 Å². The topological polar surface area (TPSA) is 12.5 Å². The van der Waals surface area contributed by atoms with E-state index < -0.39 is 11.7 Å². The Bertz CT molecular complexity index is 579. The Morgan fingerprint density at radius 1 is 1.36 bits per heavy atom. The van der Waals surface area contributed by atoms with Crippen LogP contribution in [-0.4, -0.2) is 29.6 Å². The zero-order valence-electron chi connectivity index (χ0n) is 12.4. The number of ether oxygens (including phenoxy) is 1. The number of likely N-dealkylation sites (tertiary alicyclic amines) is 1. The van der Waals surface area contributed by atoms with Crippen molar-refractivity contribution in [2.75, 3.05) is 19.7 Å². The van der Waals surface area contributed by atoms with Gasteiger partial charge in [0.2, 0.25) is 0 Å². The van der Waals surface area contributed by atoms with Gasteiger partial charge in [-0.3, -0.25) is 0 Å². The highest BCUT2D eigenvalue weighted by Gasteiger charge is 2.35. The summed E-state index contributed by atoms with van der Waals surface area (Å²) in [5.41, 5.74) is 0.494. The van der Waals surface area contributed by atoms with Gasteiger partial charge in [0, 0.05) is 25.1 Å². The molecule has 1 heterocycles. The zero-order chi connectivity index (χ0) is 16.3. The van der Waals surface area contributed by atoms with Crippen LogP contribution in [0.2, 0.25) is 0 Å². The molecule has 22 heavy (non-hydrogen) atoms. The lowest BCUT2D eigenvalue weighted by molar-refractivity contribution is -0.138. The van der Waals surface area contributed by atoms with Crippen LogP contribution < -0.4 is 4.74 Å². The summed E-state index contributed by atoms with van der Waals surface area (Å²) in [6.45, 7) is 7.29. The molecule has 120 valence electrons. The van der Waals surface area contributed by atoms with E-state index in [4.69, 9.17) is 17.0 Å². The molecule has 2 rings (SSSR count). The second-order valence-corrected chi connectivity index (χ2v) is 5.80. The highest BCUT2D eigenvalue weighted by Crippen LogP contribution is 2.37. The first-order valence-corrected chi connectivity index (χ1v) is 7.47. The summed E-state index contributed by atoms with van der Waals surface area (Å²) >= 11 is 5.25. The molecule has 0 N–H and O–H groups in total. The van der Waals surface area contributed by atoms with Crippen molar-refractivity contribution < 1.29 is 17.9 Å². The number of benzene rings is 1. The maximum Gasteiger partial charge on any atom is 0.419 e. The summed E-state index contributed by atoms with van der Waals surface area (Å²) in [4.78, 5) is 2.36. The minimum Gasteiger partial charge on any atom is -0.493 e. The quantitative estimate of drug-likeness (QED) is 0.586. The predicted molar refractivity (Wildman–Crippen MR) is 84.3 cm³/mol. The van der Waals surface area contributed by atoms with Crippen molar-refractivity contribution in [2.24, 2.45) is 0 Å². The molecule has 6 heteroatoms. The fourth-order valence-electron chi connectivity index (χ4n) is 2.05. The standard InChI is InChI=1S/C16H18F3NOS/c1-11(2)6-9-21-14-5-4-12(10-13(14)16(17,18)19)15(22)20-7-3-8-20/h4-5,10H,1,3,6-9H2,2H3. The Labute approximate surface area is 133 Å². The van der Waals surface area contributed by atoms with E-state index in [1.807, 2.05) is 11.8 Å². The van der Waals surface area contributed by atoms with Crippen LogP contribution in [0.4, 0.5) is 13.2 Å². The normalized spacial score (nSPS) is 14.5. The predicted octanol–water partition coefficient (Wildman–Crippen LogP) is 4.43. The van der Waals surface area contributed by atoms with Gasteiger partial charge in [0.1, 0.15) is 10.7 Å². The van der Waals surface area contributed by atoms with Gasteiger partial charge in [-0.05, 0) is 31.5 Å². The molecular weight excluding hydrogens is 311 g/mol. The Kier molecular flexibility index (Phi) is 5.11. The van der Waals surface area contributed by atoms with Crippen LogP contribution in [0, 0.1) is 0 Å². The number of nitrogens with zero attached hydrogens (tertiary/aromatic N) is 1. The second-order valence-electron chi connectivity index (χ2n) is 5.41. The Hall–Kier alpha value is -1.56. The molecule has 0 spiro atoms. The van der Waals surface area contributed by atoms with Crippen LogP contribution in [0.25, 0.3) is 0 Å². The molecule has 1 aliphatic rings. The average molecular weight is 329 g/mol. The maximum absolute atomic E-state index is 13.2. The average Bonchev–Trinajstić information content (AvgIpc) is 2.35. The first kappa shape index (κ1) is 16.8. The number of alkyl halides is 3. The van der Waals surface area contributed by atoms with E-state index in [0.29, 0.717) is 17.0 Å². The third kappa shape index (κ3) is 4.00. The van der Waals surface area contributed by atoms with Gasteiger partial charge in [-0.25, -0.2) is 0 Å². The summed E-state index contributed by atoms with van der Waals surface area (Å²) in [6.07, 6.45) is -2.93. The van der Waals surface area contributed by atoms with Crippen LogP contribution in [-0.2, 0) is 6.18 Å². The van der Waals surface area contributed by atoms with Crippen molar-refractivity contribution in [2.45, 2.75) is 25.9 Å². The number of hydrogen-bond donors (Lipinski definition) is 0. The Balaban J connectivity index is 2.22. The van der Waals surface area contributed by atoms with Crippen LogP contribution in [0.5, 0.6) is 5.75 Å². The van der Waals surface area contributed by atoms with Crippen LogP contribution in [0.1, 0.15) is 30.9 Å². The number of thiocarbonyl (C=S) groups is 1. The van der Waals surface area contributed by atoms with Gasteiger partial charge in [0.05, 0.1) is 12.2 Å². The second kappa shape index (κ2) is 6.69. The van der Waals surface area contributed by atoms with E-state index in [9.17, 15) is 13.2 Å². The van der Waals surface area contributed by atoms with Gasteiger partial charge in [-0.2, -0.15) is 13.2 Å². The first-order chi connectivity index (χ1) is 10.3. The summed E-state index contributed by atoms with van der Waals surface area (Å²) in [6, 6.07) is 4.02. The van der Waals surface area contributed by atoms with Gasteiger partial charge >= 0.3 is 6.18 Å². The lowest BCUT2D eigenvalue weighted by atomic mass is 10.1. The molecule has 0 bridgehead atoms. The molecule has 0 aromatic heterocycles. The van der Waals surface area contributed by atoms with Crippen molar-refractivity contribution in [3.05, 3.63) is 41.5 Å². The number of rotatable bonds is 5. The van der Waals surface area contributed by atoms with Crippen LogP contribution >= 0.6 is 12.2 Å². The zero-order valence-corrected chi connectivity index (χ0v) is 13.2. The molecule has 1 aromatic rings. The highest BCUT2D eigenvalue weighted by molar-refractivity contribution is 7.80. The van der Waals surface area contributed by atoms with E-state index in [0.717, 1.165) is 31.1 Å². The van der Waals surface area contributed by atoms with Crippen molar-refractivity contribution in [1.82, 2.24) is 4.90 Å². The molecule has 1 aromatic carbocycles. The molecule has 0 atom stereocenters. The summed E-state index contributed by atoms with van der Waals surface area (Å²) in [5.74, 6) is -0.163. The maximum atomic E-state index is 13.2. The van der Waals surface area contributed by atoms with Gasteiger partial charge in [0.25, 0.3) is 0 Å². The molecule has 1 fully saturated rings. The lowest BCUT2D eigenvalue weighted by Crippen LogP contribution is -2.41. The van der Waals surface area contributed by atoms with Gasteiger partial charge in [-0.15, -0.1) is 6.58 Å². The third-order valence-electron chi connectivity index (χ3n) is 3.46.